The average Bonchev–Trinajstić information content (AvgIpc) is 2.71. The van der Waals surface area contributed by atoms with E-state index in [4.69, 9.17) is 0 Å². The highest BCUT2D eigenvalue weighted by Crippen LogP contribution is 2.09. The zero-order chi connectivity index (χ0) is 11.5. The van der Waals surface area contributed by atoms with Crippen LogP contribution >= 0.6 is 0 Å². The van der Waals surface area contributed by atoms with E-state index in [0.717, 1.165) is 30.6 Å². The zero-order valence-corrected chi connectivity index (χ0v) is 9.79. The van der Waals surface area contributed by atoms with Gasteiger partial charge in [0.15, 0.2) is 0 Å². The Bertz CT molecular complexity index is 539. The van der Waals surface area contributed by atoms with E-state index in [1.807, 2.05) is 17.6 Å². The minimum atomic E-state index is 0.0693. The van der Waals surface area contributed by atoms with Crippen molar-refractivity contribution in [3.05, 3.63) is 28.3 Å². The van der Waals surface area contributed by atoms with Crippen LogP contribution in [0.15, 0.2) is 17.1 Å². The molecule has 1 N–H and O–H groups in total. The van der Waals surface area contributed by atoms with Gasteiger partial charge in [-0.05, 0) is 19.4 Å². The predicted molar refractivity (Wildman–Crippen MR) is 64.6 cm³/mol. The van der Waals surface area contributed by atoms with Crippen LogP contribution in [0.1, 0.15) is 31.9 Å². The molecule has 0 aliphatic carbocycles. The standard InChI is InChI=1S/C12H17N3O/c1-3-4-5-6-15-9(2)7-11-10(12(15)16)8-13-14-11/h7-8H,3-6H2,1-2H3,(H,13,14). The number of rotatable bonds is 4. The van der Waals surface area contributed by atoms with Gasteiger partial charge in [-0.3, -0.25) is 9.89 Å². The number of nitrogens with zero attached hydrogens (tertiary/aromatic N) is 2. The fourth-order valence-electron chi connectivity index (χ4n) is 1.97. The summed E-state index contributed by atoms with van der Waals surface area (Å²) in [6, 6.07) is 1.98. The van der Waals surface area contributed by atoms with E-state index >= 15 is 0 Å². The molecule has 0 aliphatic rings. The van der Waals surface area contributed by atoms with Gasteiger partial charge in [-0.1, -0.05) is 19.8 Å². The Balaban J connectivity index is 2.39. The lowest BCUT2D eigenvalue weighted by atomic mass is 10.2. The van der Waals surface area contributed by atoms with Crippen molar-refractivity contribution in [2.75, 3.05) is 0 Å². The highest BCUT2D eigenvalue weighted by molar-refractivity contribution is 5.76. The molecule has 86 valence electrons. The molecule has 4 nitrogen and oxygen atoms in total. The second kappa shape index (κ2) is 4.51. The minimum absolute atomic E-state index is 0.0693. The van der Waals surface area contributed by atoms with Crippen molar-refractivity contribution in [3.8, 4) is 0 Å². The number of pyridine rings is 1. The lowest BCUT2D eigenvalue weighted by Gasteiger charge is -2.09. The van der Waals surface area contributed by atoms with Crippen molar-refractivity contribution in [1.82, 2.24) is 14.8 Å². The van der Waals surface area contributed by atoms with Crippen LogP contribution in [-0.4, -0.2) is 14.8 Å². The Morgan fingerprint density at radius 2 is 2.25 bits per heavy atom. The predicted octanol–water partition coefficient (Wildman–Crippen LogP) is 2.22. The highest BCUT2D eigenvalue weighted by atomic mass is 16.1. The van der Waals surface area contributed by atoms with Crippen molar-refractivity contribution < 1.29 is 0 Å². The van der Waals surface area contributed by atoms with Crippen molar-refractivity contribution >= 4 is 10.9 Å². The Morgan fingerprint density at radius 3 is 3.00 bits per heavy atom. The number of fused-ring (bicyclic) bond motifs is 1. The quantitative estimate of drug-likeness (QED) is 0.801. The van der Waals surface area contributed by atoms with Gasteiger partial charge in [0.05, 0.1) is 17.1 Å². The number of aromatic nitrogens is 3. The molecule has 0 amide bonds. The lowest BCUT2D eigenvalue weighted by Crippen LogP contribution is -2.22. The molecule has 0 unspecified atom stereocenters. The van der Waals surface area contributed by atoms with E-state index in [9.17, 15) is 4.79 Å². The Labute approximate surface area is 94.3 Å². The topological polar surface area (TPSA) is 50.7 Å². The Morgan fingerprint density at radius 1 is 1.44 bits per heavy atom. The van der Waals surface area contributed by atoms with Gasteiger partial charge < -0.3 is 4.57 Å². The number of aryl methyl sites for hydroxylation is 1. The van der Waals surface area contributed by atoms with Crippen LogP contribution in [0.2, 0.25) is 0 Å². The maximum absolute atomic E-state index is 12.1. The molecule has 0 saturated carbocycles. The first-order chi connectivity index (χ1) is 7.74. The molecule has 0 bridgehead atoms. The first-order valence-corrected chi connectivity index (χ1v) is 5.77. The first-order valence-electron chi connectivity index (χ1n) is 5.77. The van der Waals surface area contributed by atoms with Gasteiger partial charge in [-0.2, -0.15) is 5.10 Å². The molecule has 0 saturated heterocycles. The minimum Gasteiger partial charge on any atom is -0.312 e. The number of hydrogen-bond donors (Lipinski definition) is 1. The van der Waals surface area contributed by atoms with Crippen LogP contribution in [-0.2, 0) is 6.54 Å². The van der Waals surface area contributed by atoms with Gasteiger partial charge in [0, 0.05) is 12.2 Å². The number of H-pyrrole nitrogens is 1. The SMILES string of the molecule is CCCCCn1c(C)cc2[nH]ncc2c1=O. The summed E-state index contributed by atoms with van der Waals surface area (Å²) < 4.78 is 1.84. The molecule has 2 aromatic heterocycles. The van der Waals surface area contributed by atoms with Gasteiger partial charge in [-0.25, -0.2) is 0 Å². The summed E-state index contributed by atoms with van der Waals surface area (Å²) in [6.45, 7) is 4.93. The fraction of sp³-hybridized carbons (Fsp3) is 0.500. The smallest absolute Gasteiger partial charge is 0.261 e. The summed E-state index contributed by atoms with van der Waals surface area (Å²) in [5, 5.41) is 7.42. The Kier molecular flexibility index (Phi) is 3.08. The lowest BCUT2D eigenvalue weighted by molar-refractivity contribution is 0.579. The second-order valence-electron chi connectivity index (χ2n) is 4.15. The number of nitrogens with one attached hydrogen (secondary N) is 1. The van der Waals surface area contributed by atoms with E-state index < -0.39 is 0 Å². The summed E-state index contributed by atoms with van der Waals surface area (Å²) in [5.41, 5.74) is 1.90. The van der Waals surface area contributed by atoms with Crippen molar-refractivity contribution in [1.29, 1.82) is 0 Å². The molecule has 16 heavy (non-hydrogen) atoms. The third kappa shape index (κ3) is 1.87. The molecule has 2 rings (SSSR count). The molecule has 0 radical (unpaired) electrons. The monoisotopic (exact) mass is 219 g/mol. The summed E-state index contributed by atoms with van der Waals surface area (Å²) in [5.74, 6) is 0. The highest BCUT2D eigenvalue weighted by Gasteiger charge is 2.07. The van der Waals surface area contributed by atoms with Crippen LogP contribution in [0.25, 0.3) is 10.9 Å². The summed E-state index contributed by atoms with van der Waals surface area (Å²) >= 11 is 0. The van der Waals surface area contributed by atoms with E-state index in [1.165, 1.54) is 6.42 Å². The molecular formula is C12H17N3O. The van der Waals surface area contributed by atoms with Crippen molar-refractivity contribution in [2.24, 2.45) is 0 Å². The second-order valence-corrected chi connectivity index (χ2v) is 4.15. The van der Waals surface area contributed by atoms with Crippen molar-refractivity contribution in [2.45, 2.75) is 39.7 Å². The van der Waals surface area contributed by atoms with Gasteiger partial charge in [0.25, 0.3) is 5.56 Å². The number of aromatic amines is 1. The van der Waals surface area contributed by atoms with Crippen LogP contribution in [0, 0.1) is 6.92 Å². The number of unbranched alkanes of at least 4 members (excludes halogenated alkanes) is 2. The van der Waals surface area contributed by atoms with Gasteiger partial charge in [0.2, 0.25) is 0 Å². The summed E-state index contributed by atoms with van der Waals surface area (Å²) in [7, 11) is 0. The van der Waals surface area contributed by atoms with Crippen LogP contribution in [0.4, 0.5) is 0 Å². The third-order valence-corrected chi connectivity index (χ3v) is 2.91. The molecular weight excluding hydrogens is 202 g/mol. The van der Waals surface area contributed by atoms with Crippen LogP contribution in [0.3, 0.4) is 0 Å². The van der Waals surface area contributed by atoms with E-state index in [1.54, 1.807) is 6.20 Å². The fourth-order valence-corrected chi connectivity index (χ4v) is 1.97. The normalized spacial score (nSPS) is 11.1. The maximum atomic E-state index is 12.1. The molecule has 0 aliphatic heterocycles. The molecule has 2 heterocycles. The Hall–Kier alpha value is -1.58. The first kappa shape index (κ1) is 10.9. The van der Waals surface area contributed by atoms with Gasteiger partial charge in [0.1, 0.15) is 0 Å². The average molecular weight is 219 g/mol. The molecule has 0 atom stereocenters. The third-order valence-electron chi connectivity index (χ3n) is 2.91. The number of hydrogen-bond acceptors (Lipinski definition) is 2. The largest absolute Gasteiger partial charge is 0.312 e. The molecule has 0 spiro atoms. The van der Waals surface area contributed by atoms with E-state index in [-0.39, 0.29) is 5.56 Å². The maximum Gasteiger partial charge on any atom is 0.261 e. The van der Waals surface area contributed by atoms with Gasteiger partial charge in [-0.15, -0.1) is 0 Å². The molecule has 0 aromatic carbocycles. The summed E-state index contributed by atoms with van der Waals surface area (Å²) in [4.78, 5) is 12.1. The van der Waals surface area contributed by atoms with Crippen molar-refractivity contribution in [3.63, 3.8) is 0 Å². The van der Waals surface area contributed by atoms with E-state index in [2.05, 4.69) is 17.1 Å². The molecule has 4 heteroatoms. The van der Waals surface area contributed by atoms with E-state index in [0.29, 0.717) is 5.39 Å². The summed E-state index contributed by atoms with van der Waals surface area (Å²) in [6.07, 6.45) is 4.99. The van der Waals surface area contributed by atoms with Crippen LogP contribution in [0.5, 0.6) is 0 Å². The van der Waals surface area contributed by atoms with Crippen LogP contribution < -0.4 is 5.56 Å². The zero-order valence-electron chi connectivity index (χ0n) is 9.79. The molecule has 2 aromatic rings. The van der Waals surface area contributed by atoms with Gasteiger partial charge >= 0.3 is 0 Å². The molecule has 0 fully saturated rings.